The molecule has 4 heteroatoms. The fourth-order valence-electron chi connectivity index (χ4n) is 1.55. The van der Waals surface area contributed by atoms with Gasteiger partial charge in [-0.2, -0.15) is 0 Å². The summed E-state index contributed by atoms with van der Waals surface area (Å²) in [6.45, 7) is 3.14. The Morgan fingerprint density at radius 2 is 1.56 bits per heavy atom. The monoisotopic (exact) mass is 262 g/mol. The van der Waals surface area contributed by atoms with Crippen LogP contribution < -0.4 is 9.80 Å². The van der Waals surface area contributed by atoms with Crippen LogP contribution in [0.3, 0.4) is 0 Å². The summed E-state index contributed by atoms with van der Waals surface area (Å²) in [6.07, 6.45) is 0. The van der Waals surface area contributed by atoms with E-state index in [0.717, 1.165) is 35.2 Å². The standard InChI is InChI=1S/C12H18Cl2N2/c1-15(2)7-8-16(3)9-10-11(13)5-4-6-12(10)14/h4-6H,7-9H2,1-3H3/p+2. The van der Waals surface area contributed by atoms with Crippen molar-refractivity contribution in [1.82, 2.24) is 0 Å². The highest BCUT2D eigenvalue weighted by molar-refractivity contribution is 6.35. The van der Waals surface area contributed by atoms with Crippen molar-refractivity contribution in [2.45, 2.75) is 6.54 Å². The van der Waals surface area contributed by atoms with Gasteiger partial charge in [0.25, 0.3) is 0 Å². The van der Waals surface area contributed by atoms with Crippen molar-refractivity contribution < 1.29 is 9.80 Å². The zero-order valence-corrected chi connectivity index (χ0v) is 11.6. The van der Waals surface area contributed by atoms with Crippen LogP contribution in [-0.4, -0.2) is 34.2 Å². The van der Waals surface area contributed by atoms with Crippen molar-refractivity contribution >= 4 is 23.2 Å². The van der Waals surface area contributed by atoms with Crippen LogP contribution in [-0.2, 0) is 6.54 Å². The first-order valence-electron chi connectivity index (χ1n) is 5.54. The Labute approximate surface area is 108 Å². The van der Waals surface area contributed by atoms with E-state index in [1.165, 1.54) is 9.80 Å². The Bertz CT molecular complexity index is 320. The highest BCUT2D eigenvalue weighted by Gasteiger charge is 2.11. The van der Waals surface area contributed by atoms with E-state index in [4.69, 9.17) is 23.2 Å². The molecule has 0 aliphatic rings. The molecule has 90 valence electrons. The molecule has 16 heavy (non-hydrogen) atoms. The van der Waals surface area contributed by atoms with E-state index < -0.39 is 0 Å². The number of quaternary nitrogens is 2. The van der Waals surface area contributed by atoms with Crippen LogP contribution in [0, 0.1) is 0 Å². The van der Waals surface area contributed by atoms with Crippen LogP contribution in [0.4, 0.5) is 0 Å². The molecule has 1 aromatic carbocycles. The first kappa shape index (κ1) is 13.8. The minimum atomic E-state index is 0.768. The third-order valence-corrected chi connectivity index (χ3v) is 3.30. The molecule has 0 spiro atoms. The number of likely N-dealkylation sites (N-methyl/N-ethyl adjacent to an activating group) is 2. The molecule has 0 aromatic heterocycles. The van der Waals surface area contributed by atoms with Gasteiger partial charge in [-0.1, -0.05) is 29.3 Å². The molecule has 0 amide bonds. The zero-order chi connectivity index (χ0) is 12.1. The molecule has 1 unspecified atom stereocenters. The average molecular weight is 263 g/mol. The van der Waals surface area contributed by atoms with Crippen molar-refractivity contribution in [2.75, 3.05) is 34.2 Å². The number of benzene rings is 1. The fourth-order valence-corrected chi connectivity index (χ4v) is 2.09. The highest BCUT2D eigenvalue weighted by atomic mass is 35.5. The van der Waals surface area contributed by atoms with Gasteiger partial charge in [-0.05, 0) is 12.1 Å². The minimum Gasteiger partial charge on any atom is -0.335 e. The van der Waals surface area contributed by atoms with E-state index in [9.17, 15) is 0 Å². The summed E-state index contributed by atoms with van der Waals surface area (Å²) in [7, 11) is 6.49. The first-order chi connectivity index (χ1) is 7.50. The lowest BCUT2D eigenvalue weighted by Gasteiger charge is -2.16. The molecule has 0 fully saturated rings. The SMILES string of the molecule is C[NH+](C)CC[NH+](C)Cc1c(Cl)cccc1Cl. The average Bonchev–Trinajstić information content (AvgIpc) is 2.21. The Morgan fingerprint density at radius 3 is 2.06 bits per heavy atom. The summed E-state index contributed by atoms with van der Waals surface area (Å²) in [5, 5.41) is 1.54. The minimum absolute atomic E-state index is 0.768. The summed E-state index contributed by atoms with van der Waals surface area (Å²) >= 11 is 12.3. The molecule has 2 nitrogen and oxygen atoms in total. The van der Waals surface area contributed by atoms with Gasteiger partial charge in [0.15, 0.2) is 0 Å². The van der Waals surface area contributed by atoms with Crippen LogP contribution in [0.1, 0.15) is 5.56 Å². The van der Waals surface area contributed by atoms with Crippen molar-refractivity contribution in [3.05, 3.63) is 33.8 Å². The Balaban J connectivity index is 2.59. The number of hydrogen-bond acceptors (Lipinski definition) is 0. The predicted octanol–water partition coefficient (Wildman–Crippen LogP) is 0.153. The number of nitrogens with one attached hydrogen (secondary N) is 2. The largest absolute Gasteiger partial charge is 0.335 e. The van der Waals surface area contributed by atoms with Gasteiger partial charge in [0, 0.05) is 5.56 Å². The molecule has 1 atom stereocenters. The Hall–Kier alpha value is -0.280. The van der Waals surface area contributed by atoms with Crippen LogP contribution in [0.2, 0.25) is 10.0 Å². The van der Waals surface area contributed by atoms with Gasteiger partial charge in [0.1, 0.15) is 19.6 Å². The molecule has 0 bridgehead atoms. The number of hydrogen-bond donors (Lipinski definition) is 2. The van der Waals surface area contributed by atoms with Gasteiger partial charge in [-0.25, -0.2) is 0 Å². The molecule has 0 saturated carbocycles. The molecular weight excluding hydrogens is 243 g/mol. The molecule has 0 radical (unpaired) electrons. The van der Waals surface area contributed by atoms with Crippen molar-refractivity contribution in [1.29, 1.82) is 0 Å². The second-order valence-electron chi connectivity index (χ2n) is 4.54. The summed E-state index contributed by atoms with van der Waals surface area (Å²) in [4.78, 5) is 2.89. The summed E-state index contributed by atoms with van der Waals surface area (Å²) in [6, 6.07) is 5.67. The Kier molecular flexibility index (Phi) is 5.56. The molecule has 0 saturated heterocycles. The third kappa shape index (κ3) is 4.30. The summed E-state index contributed by atoms with van der Waals surface area (Å²) in [5.74, 6) is 0. The van der Waals surface area contributed by atoms with Crippen LogP contribution in [0.5, 0.6) is 0 Å². The van der Waals surface area contributed by atoms with Crippen molar-refractivity contribution in [3.8, 4) is 0 Å². The van der Waals surface area contributed by atoms with E-state index in [1.54, 1.807) is 0 Å². The van der Waals surface area contributed by atoms with E-state index >= 15 is 0 Å². The molecule has 1 aromatic rings. The predicted molar refractivity (Wildman–Crippen MR) is 69.6 cm³/mol. The number of rotatable bonds is 5. The van der Waals surface area contributed by atoms with E-state index in [0.29, 0.717) is 0 Å². The maximum Gasteiger partial charge on any atom is 0.127 e. The Morgan fingerprint density at radius 1 is 1.00 bits per heavy atom. The highest BCUT2D eigenvalue weighted by Crippen LogP contribution is 2.22. The van der Waals surface area contributed by atoms with Gasteiger partial charge >= 0.3 is 0 Å². The summed E-state index contributed by atoms with van der Waals surface area (Å²) < 4.78 is 0. The van der Waals surface area contributed by atoms with Crippen molar-refractivity contribution in [2.24, 2.45) is 0 Å². The zero-order valence-electron chi connectivity index (χ0n) is 10.1. The lowest BCUT2D eigenvalue weighted by molar-refractivity contribution is -0.937. The number of halogens is 2. The topological polar surface area (TPSA) is 8.88 Å². The quantitative estimate of drug-likeness (QED) is 0.748. The lowest BCUT2D eigenvalue weighted by Crippen LogP contribution is -3.15. The first-order valence-corrected chi connectivity index (χ1v) is 6.29. The van der Waals surface area contributed by atoms with Gasteiger partial charge in [-0.15, -0.1) is 0 Å². The van der Waals surface area contributed by atoms with Crippen LogP contribution in [0.15, 0.2) is 18.2 Å². The fraction of sp³-hybridized carbons (Fsp3) is 0.500. The maximum atomic E-state index is 6.13. The molecular formula is C12H20Cl2N2+2. The van der Waals surface area contributed by atoms with Gasteiger partial charge < -0.3 is 9.80 Å². The molecule has 0 aliphatic carbocycles. The second-order valence-corrected chi connectivity index (χ2v) is 5.36. The van der Waals surface area contributed by atoms with Gasteiger partial charge in [0.05, 0.1) is 31.2 Å². The van der Waals surface area contributed by atoms with Crippen LogP contribution >= 0.6 is 23.2 Å². The summed E-state index contributed by atoms with van der Waals surface area (Å²) in [5.41, 5.74) is 1.05. The smallest absolute Gasteiger partial charge is 0.127 e. The van der Waals surface area contributed by atoms with E-state index in [1.807, 2.05) is 18.2 Å². The van der Waals surface area contributed by atoms with E-state index in [2.05, 4.69) is 21.1 Å². The van der Waals surface area contributed by atoms with Gasteiger partial charge in [0.2, 0.25) is 0 Å². The molecule has 0 aliphatic heterocycles. The van der Waals surface area contributed by atoms with E-state index in [-0.39, 0.29) is 0 Å². The van der Waals surface area contributed by atoms with Crippen LogP contribution in [0.25, 0.3) is 0 Å². The normalized spacial score (nSPS) is 13.1. The lowest BCUT2D eigenvalue weighted by atomic mass is 10.2. The third-order valence-electron chi connectivity index (χ3n) is 2.59. The maximum absolute atomic E-state index is 6.13. The molecule has 1 rings (SSSR count). The van der Waals surface area contributed by atoms with Crippen molar-refractivity contribution in [3.63, 3.8) is 0 Å². The molecule has 0 heterocycles. The molecule has 2 N–H and O–H groups in total. The second kappa shape index (κ2) is 6.45. The van der Waals surface area contributed by atoms with Gasteiger partial charge in [-0.3, -0.25) is 0 Å².